The van der Waals surface area contributed by atoms with Crippen molar-refractivity contribution in [2.24, 2.45) is 0 Å². The Balaban J connectivity index is 2.84. The smallest absolute Gasteiger partial charge is 0.0842 e. The maximum absolute atomic E-state index is 10.3. The first-order valence-corrected chi connectivity index (χ1v) is 6.85. The highest BCUT2D eigenvalue weighted by Crippen LogP contribution is 2.20. The van der Waals surface area contributed by atoms with Crippen LogP contribution in [0.2, 0.25) is 0 Å². The van der Waals surface area contributed by atoms with Crippen LogP contribution in [0.15, 0.2) is 12.1 Å². The standard InChI is InChI=1S/C16H26O2/c1-6-16(18-7-2)15(17)10-14-12(4)8-11(3)9-13(14)5/h8-9,15-17H,6-7,10H2,1-5H3. The summed E-state index contributed by atoms with van der Waals surface area (Å²) < 4.78 is 5.58. The minimum absolute atomic E-state index is 0.0601. The second kappa shape index (κ2) is 6.91. The van der Waals surface area contributed by atoms with Crippen molar-refractivity contribution in [3.8, 4) is 0 Å². The van der Waals surface area contributed by atoms with E-state index in [1.807, 2.05) is 6.92 Å². The molecular formula is C16H26O2. The Kier molecular flexibility index (Phi) is 5.83. The minimum Gasteiger partial charge on any atom is -0.390 e. The van der Waals surface area contributed by atoms with Crippen LogP contribution in [0.25, 0.3) is 0 Å². The van der Waals surface area contributed by atoms with Gasteiger partial charge in [-0.05, 0) is 50.8 Å². The summed E-state index contributed by atoms with van der Waals surface area (Å²) in [4.78, 5) is 0. The molecule has 0 aromatic heterocycles. The number of aliphatic hydroxyl groups is 1. The van der Waals surface area contributed by atoms with Crippen molar-refractivity contribution in [2.75, 3.05) is 6.61 Å². The lowest BCUT2D eigenvalue weighted by Crippen LogP contribution is -2.30. The molecule has 2 atom stereocenters. The van der Waals surface area contributed by atoms with Gasteiger partial charge < -0.3 is 9.84 Å². The molecule has 0 aliphatic carbocycles. The van der Waals surface area contributed by atoms with Crippen LogP contribution in [-0.4, -0.2) is 23.9 Å². The zero-order valence-corrected chi connectivity index (χ0v) is 12.3. The Morgan fingerprint density at radius 1 is 1.11 bits per heavy atom. The van der Waals surface area contributed by atoms with Gasteiger partial charge in [0.1, 0.15) is 0 Å². The Labute approximate surface area is 111 Å². The van der Waals surface area contributed by atoms with Crippen molar-refractivity contribution < 1.29 is 9.84 Å². The quantitative estimate of drug-likeness (QED) is 0.839. The summed E-state index contributed by atoms with van der Waals surface area (Å²) in [7, 11) is 0. The topological polar surface area (TPSA) is 29.5 Å². The third kappa shape index (κ3) is 3.82. The first-order chi connectivity index (χ1) is 8.49. The van der Waals surface area contributed by atoms with Gasteiger partial charge in [-0.3, -0.25) is 0 Å². The minimum atomic E-state index is -0.421. The lowest BCUT2D eigenvalue weighted by atomic mass is 9.93. The normalized spacial score (nSPS) is 14.6. The first-order valence-electron chi connectivity index (χ1n) is 6.85. The van der Waals surface area contributed by atoms with Crippen LogP contribution in [0, 0.1) is 20.8 Å². The number of benzene rings is 1. The van der Waals surface area contributed by atoms with Gasteiger partial charge in [-0.25, -0.2) is 0 Å². The zero-order valence-electron chi connectivity index (χ0n) is 12.3. The number of rotatable bonds is 6. The van der Waals surface area contributed by atoms with E-state index in [0.29, 0.717) is 13.0 Å². The SMILES string of the molecule is CCOC(CC)C(O)Cc1c(C)cc(C)cc1C. The summed E-state index contributed by atoms with van der Waals surface area (Å²) in [6.45, 7) is 11.0. The predicted octanol–water partition coefficient (Wildman–Crippen LogP) is 3.33. The van der Waals surface area contributed by atoms with Crippen molar-refractivity contribution >= 4 is 0 Å². The van der Waals surface area contributed by atoms with Crippen LogP contribution in [0.3, 0.4) is 0 Å². The number of ether oxygens (including phenoxy) is 1. The summed E-state index contributed by atoms with van der Waals surface area (Å²) in [6.07, 6.45) is 1.04. The van der Waals surface area contributed by atoms with E-state index in [0.717, 1.165) is 6.42 Å². The highest BCUT2D eigenvalue weighted by Gasteiger charge is 2.19. The lowest BCUT2D eigenvalue weighted by molar-refractivity contribution is -0.0335. The molecule has 0 aliphatic heterocycles. The van der Waals surface area contributed by atoms with Gasteiger partial charge >= 0.3 is 0 Å². The fourth-order valence-corrected chi connectivity index (χ4v) is 2.59. The van der Waals surface area contributed by atoms with Gasteiger partial charge in [-0.1, -0.05) is 24.6 Å². The maximum atomic E-state index is 10.3. The predicted molar refractivity (Wildman–Crippen MR) is 76.1 cm³/mol. The van der Waals surface area contributed by atoms with E-state index < -0.39 is 6.10 Å². The number of aryl methyl sites for hydroxylation is 3. The fourth-order valence-electron chi connectivity index (χ4n) is 2.59. The van der Waals surface area contributed by atoms with Gasteiger partial charge in [0.2, 0.25) is 0 Å². The Morgan fingerprint density at radius 2 is 1.67 bits per heavy atom. The van der Waals surface area contributed by atoms with E-state index in [1.165, 1.54) is 22.3 Å². The molecule has 0 aliphatic rings. The van der Waals surface area contributed by atoms with Crippen LogP contribution >= 0.6 is 0 Å². The van der Waals surface area contributed by atoms with Crippen molar-refractivity contribution in [3.63, 3.8) is 0 Å². The summed E-state index contributed by atoms with van der Waals surface area (Å²) in [5.74, 6) is 0. The molecule has 0 radical (unpaired) electrons. The summed E-state index contributed by atoms with van der Waals surface area (Å²) in [5.41, 5.74) is 5.06. The molecule has 0 fully saturated rings. The van der Waals surface area contributed by atoms with Gasteiger partial charge in [0.05, 0.1) is 12.2 Å². The van der Waals surface area contributed by atoms with Crippen LogP contribution < -0.4 is 0 Å². The van der Waals surface area contributed by atoms with Gasteiger partial charge in [0.15, 0.2) is 0 Å². The molecule has 102 valence electrons. The molecule has 0 saturated heterocycles. The summed E-state index contributed by atoms with van der Waals surface area (Å²) >= 11 is 0. The molecule has 2 unspecified atom stereocenters. The van der Waals surface area contributed by atoms with Crippen molar-refractivity contribution in [2.45, 2.75) is 59.7 Å². The van der Waals surface area contributed by atoms with Gasteiger partial charge in [-0.15, -0.1) is 0 Å². The molecule has 2 heteroatoms. The summed E-state index contributed by atoms with van der Waals surface area (Å²) in [5, 5.41) is 10.3. The van der Waals surface area contributed by atoms with Crippen LogP contribution in [0.4, 0.5) is 0 Å². The fraction of sp³-hybridized carbons (Fsp3) is 0.625. The molecule has 0 saturated carbocycles. The number of hydrogen-bond donors (Lipinski definition) is 1. The monoisotopic (exact) mass is 250 g/mol. The average molecular weight is 250 g/mol. The molecule has 0 amide bonds. The van der Waals surface area contributed by atoms with Crippen LogP contribution in [0.5, 0.6) is 0 Å². The molecule has 2 nitrogen and oxygen atoms in total. The largest absolute Gasteiger partial charge is 0.390 e. The van der Waals surface area contributed by atoms with Crippen molar-refractivity contribution in [3.05, 3.63) is 34.4 Å². The first kappa shape index (κ1) is 15.2. The molecule has 1 N–H and O–H groups in total. The molecule has 0 heterocycles. The van der Waals surface area contributed by atoms with Crippen LogP contribution in [0.1, 0.15) is 42.5 Å². The van der Waals surface area contributed by atoms with Gasteiger partial charge in [0, 0.05) is 13.0 Å². The maximum Gasteiger partial charge on any atom is 0.0842 e. The van der Waals surface area contributed by atoms with Crippen molar-refractivity contribution in [1.82, 2.24) is 0 Å². The third-order valence-electron chi connectivity index (χ3n) is 3.47. The third-order valence-corrected chi connectivity index (χ3v) is 3.47. The van der Waals surface area contributed by atoms with Crippen molar-refractivity contribution in [1.29, 1.82) is 0 Å². The molecule has 1 aromatic rings. The second-order valence-corrected chi connectivity index (χ2v) is 5.05. The molecule has 0 bridgehead atoms. The Bertz CT molecular complexity index is 362. The zero-order chi connectivity index (χ0) is 13.7. The van der Waals surface area contributed by atoms with E-state index in [-0.39, 0.29) is 6.10 Å². The van der Waals surface area contributed by atoms with E-state index in [1.54, 1.807) is 0 Å². The highest BCUT2D eigenvalue weighted by atomic mass is 16.5. The molecule has 1 rings (SSSR count). The second-order valence-electron chi connectivity index (χ2n) is 5.05. The average Bonchev–Trinajstić information content (AvgIpc) is 2.30. The molecule has 1 aromatic carbocycles. The van der Waals surface area contributed by atoms with Gasteiger partial charge in [0.25, 0.3) is 0 Å². The lowest BCUT2D eigenvalue weighted by Gasteiger charge is -2.23. The summed E-state index contributed by atoms with van der Waals surface area (Å²) in [6, 6.07) is 4.35. The Morgan fingerprint density at radius 3 is 2.11 bits per heavy atom. The molecular weight excluding hydrogens is 224 g/mol. The Hall–Kier alpha value is -0.860. The number of hydrogen-bond acceptors (Lipinski definition) is 2. The number of aliphatic hydroxyl groups excluding tert-OH is 1. The van der Waals surface area contributed by atoms with E-state index >= 15 is 0 Å². The molecule has 18 heavy (non-hydrogen) atoms. The van der Waals surface area contributed by atoms with Gasteiger partial charge in [-0.2, -0.15) is 0 Å². The van der Waals surface area contributed by atoms with Crippen LogP contribution in [-0.2, 0) is 11.2 Å². The highest BCUT2D eigenvalue weighted by molar-refractivity contribution is 5.37. The van der Waals surface area contributed by atoms with E-state index in [2.05, 4.69) is 39.8 Å². The van der Waals surface area contributed by atoms with E-state index in [9.17, 15) is 5.11 Å². The molecule has 0 spiro atoms. The van der Waals surface area contributed by atoms with E-state index in [4.69, 9.17) is 4.74 Å².